The van der Waals surface area contributed by atoms with Crippen LogP contribution in [0.5, 0.6) is 0 Å². The Morgan fingerprint density at radius 2 is 1.94 bits per heavy atom. The highest BCUT2D eigenvalue weighted by atomic mass is 28.3. The summed E-state index contributed by atoms with van der Waals surface area (Å²) in [5.41, 5.74) is 0.482. The minimum absolute atomic E-state index is 0.101. The Labute approximate surface area is 107 Å². The summed E-state index contributed by atoms with van der Waals surface area (Å²) in [6.07, 6.45) is 6.55. The molecule has 0 saturated heterocycles. The SMILES string of the molecule is C=CC(OC(C)=O)C(CCCCC)[Si](C)(C)C. The third kappa shape index (κ3) is 6.67. The van der Waals surface area contributed by atoms with E-state index < -0.39 is 8.07 Å². The zero-order chi connectivity index (χ0) is 13.5. The third-order valence-corrected chi connectivity index (χ3v) is 6.00. The molecule has 0 bridgehead atoms. The van der Waals surface area contributed by atoms with Crippen LogP contribution in [0.25, 0.3) is 0 Å². The minimum Gasteiger partial charge on any atom is -0.458 e. The largest absolute Gasteiger partial charge is 0.458 e. The van der Waals surface area contributed by atoms with Crippen molar-refractivity contribution in [2.75, 3.05) is 0 Å². The van der Waals surface area contributed by atoms with Gasteiger partial charge in [0.15, 0.2) is 0 Å². The van der Waals surface area contributed by atoms with Crippen molar-refractivity contribution in [1.29, 1.82) is 0 Å². The molecule has 0 aliphatic heterocycles. The van der Waals surface area contributed by atoms with Crippen molar-refractivity contribution < 1.29 is 9.53 Å². The maximum atomic E-state index is 11.1. The van der Waals surface area contributed by atoms with Gasteiger partial charge in [-0.15, -0.1) is 0 Å². The molecule has 0 rings (SSSR count). The number of unbranched alkanes of at least 4 members (excludes halogenated alkanes) is 2. The van der Waals surface area contributed by atoms with E-state index in [4.69, 9.17) is 4.74 Å². The normalized spacial score (nSPS) is 15.1. The molecule has 3 heteroatoms. The summed E-state index contributed by atoms with van der Waals surface area (Å²) in [5.74, 6) is -0.200. The first-order valence-electron chi connectivity index (χ1n) is 6.62. The molecule has 17 heavy (non-hydrogen) atoms. The Kier molecular flexibility index (Phi) is 7.44. The molecule has 0 amide bonds. The Hall–Kier alpha value is -0.573. The summed E-state index contributed by atoms with van der Waals surface area (Å²) in [6, 6.07) is 0. The molecule has 0 N–H and O–H groups in total. The van der Waals surface area contributed by atoms with Crippen molar-refractivity contribution in [3.8, 4) is 0 Å². The first kappa shape index (κ1) is 16.4. The van der Waals surface area contributed by atoms with Gasteiger partial charge in [-0.1, -0.05) is 58.5 Å². The molecule has 0 aliphatic rings. The topological polar surface area (TPSA) is 26.3 Å². The van der Waals surface area contributed by atoms with E-state index >= 15 is 0 Å². The van der Waals surface area contributed by atoms with Crippen LogP contribution in [0.3, 0.4) is 0 Å². The second-order valence-corrected chi connectivity index (χ2v) is 11.3. The minimum atomic E-state index is -1.34. The summed E-state index contributed by atoms with van der Waals surface area (Å²) in [4.78, 5) is 11.1. The molecule has 2 nitrogen and oxygen atoms in total. The summed E-state index contributed by atoms with van der Waals surface area (Å²) < 4.78 is 5.40. The van der Waals surface area contributed by atoms with Gasteiger partial charge in [-0.2, -0.15) is 0 Å². The predicted octanol–water partition coefficient (Wildman–Crippen LogP) is 4.39. The Morgan fingerprint density at radius 1 is 1.35 bits per heavy atom. The number of ether oxygens (including phenoxy) is 1. The molecule has 0 saturated carbocycles. The third-order valence-electron chi connectivity index (χ3n) is 3.16. The maximum absolute atomic E-state index is 11.1. The Bertz CT molecular complexity index is 243. The van der Waals surface area contributed by atoms with Crippen LogP contribution in [-0.4, -0.2) is 20.1 Å². The van der Waals surface area contributed by atoms with Gasteiger partial charge in [0.2, 0.25) is 0 Å². The second kappa shape index (κ2) is 7.70. The van der Waals surface area contributed by atoms with Gasteiger partial charge in [-0.3, -0.25) is 4.79 Å². The van der Waals surface area contributed by atoms with E-state index in [-0.39, 0.29) is 12.1 Å². The quantitative estimate of drug-likeness (QED) is 0.278. The summed E-state index contributed by atoms with van der Waals surface area (Å²) in [6.45, 7) is 14.5. The number of hydrogen-bond acceptors (Lipinski definition) is 2. The number of esters is 1. The van der Waals surface area contributed by atoms with Gasteiger partial charge in [0.1, 0.15) is 6.10 Å². The number of carbonyl (C=O) groups is 1. The van der Waals surface area contributed by atoms with E-state index in [9.17, 15) is 4.79 Å². The van der Waals surface area contributed by atoms with Gasteiger partial charge in [0.05, 0.1) is 8.07 Å². The summed E-state index contributed by atoms with van der Waals surface area (Å²) >= 11 is 0. The van der Waals surface area contributed by atoms with E-state index in [1.807, 2.05) is 0 Å². The lowest BCUT2D eigenvalue weighted by Gasteiger charge is -2.33. The highest BCUT2D eigenvalue weighted by Gasteiger charge is 2.33. The van der Waals surface area contributed by atoms with Crippen LogP contribution < -0.4 is 0 Å². The van der Waals surface area contributed by atoms with Gasteiger partial charge in [-0.25, -0.2) is 0 Å². The first-order chi connectivity index (χ1) is 7.82. The monoisotopic (exact) mass is 256 g/mol. The molecule has 2 unspecified atom stereocenters. The molecule has 0 aliphatic carbocycles. The molecule has 0 radical (unpaired) electrons. The highest BCUT2D eigenvalue weighted by molar-refractivity contribution is 6.77. The predicted molar refractivity (Wildman–Crippen MR) is 77.0 cm³/mol. The van der Waals surface area contributed by atoms with Crippen LogP contribution in [0, 0.1) is 0 Å². The zero-order valence-corrected chi connectivity index (χ0v) is 13.1. The van der Waals surface area contributed by atoms with E-state index in [1.54, 1.807) is 6.08 Å². The Morgan fingerprint density at radius 3 is 2.29 bits per heavy atom. The molecular formula is C14H28O2Si. The smallest absolute Gasteiger partial charge is 0.303 e. The maximum Gasteiger partial charge on any atom is 0.303 e. The van der Waals surface area contributed by atoms with Gasteiger partial charge in [0.25, 0.3) is 0 Å². The number of hydrogen-bond donors (Lipinski definition) is 0. The lowest BCUT2D eigenvalue weighted by atomic mass is 10.1. The fraction of sp³-hybridized carbons (Fsp3) is 0.786. The van der Waals surface area contributed by atoms with Crippen molar-refractivity contribution in [2.45, 2.75) is 70.8 Å². The fourth-order valence-electron chi connectivity index (χ4n) is 2.19. The number of rotatable bonds is 8. The summed E-state index contributed by atoms with van der Waals surface area (Å²) in [5, 5.41) is 0. The molecule has 0 aromatic rings. The average molecular weight is 256 g/mol. The molecule has 100 valence electrons. The molecule has 0 aromatic carbocycles. The van der Waals surface area contributed by atoms with Crippen molar-refractivity contribution in [3.63, 3.8) is 0 Å². The first-order valence-corrected chi connectivity index (χ1v) is 10.2. The molecule has 0 spiro atoms. The van der Waals surface area contributed by atoms with E-state index in [2.05, 4.69) is 33.1 Å². The van der Waals surface area contributed by atoms with Crippen LogP contribution in [0.4, 0.5) is 0 Å². The van der Waals surface area contributed by atoms with E-state index in [1.165, 1.54) is 26.2 Å². The van der Waals surface area contributed by atoms with Crippen molar-refractivity contribution in [1.82, 2.24) is 0 Å². The lowest BCUT2D eigenvalue weighted by molar-refractivity contribution is -0.144. The van der Waals surface area contributed by atoms with Crippen molar-refractivity contribution >= 4 is 14.0 Å². The van der Waals surface area contributed by atoms with Gasteiger partial charge < -0.3 is 4.74 Å². The molecule has 0 fully saturated rings. The number of carbonyl (C=O) groups excluding carboxylic acids is 1. The second-order valence-electron chi connectivity index (χ2n) is 5.78. The fourth-order valence-corrected chi connectivity index (χ4v) is 4.45. The van der Waals surface area contributed by atoms with E-state index in [0.29, 0.717) is 5.54 Å². The van der Waals surface area contributed by atoms with Crippen LogP contribution in [0.15, 0.2) is 12.7 Å². The van der Waals surface area contributed by atoms with Crippen LogP contribution in [-0.2, 0) is 9.53 Å². The molecule has 2 atom stereocenters. The van der Waals surface area contributed by atoms with Crippen molar-refractivity contribution in [3.05, 3.63) is 12.7 Å². The van der Waals surface area contributed by atoms with E-state index in [0.717, 1.165) is 6.42 Å². The molecular weight excluding hydrogens is 228 g/mol. The summed E-state index contributed by atoms with van der Waals surface area (Å²) in [7, 11) is -1.34. The zero-order valence-electron chi connectivity index (χ0n) is 12.1. The lowest BCUT2D eigenvalue weighted by Crippen LogP contribution is -2.37. The molecule has 0 heterocycles. The van der Waals surface area contributed by atoms with Gasteiger partial charge in [-0.05, 0) is 12.0 Å². The van der Waals surface area contributed by atoms with Crippen LogP contribution in [0.2, 0.25) is 25.2 Å². The van der Waals surface area contributed by atoms with Crippen LogP contribution in [0.1, 0.15) is 39.5 Å². The van der Waals surface area contributed by atoms with Crippen LogP contribution >= 0.6 is 0 Å². The van der Waals surface area contributed by atoms with Gasteiger partial charge in [0, 0.05) is 6.92 Å². The Balaban J connectivity index is 4.63. The molecule has 0 aromatic heterocycles. The standard InChI is InChI=1S/C14H28O2Si/c1-7-9-10-11-14(17(4,5)6)13(8-2)16-12(3)15/h8,13-14H,2,7,9-11H2,1,3-6H3. The average Bonchev–Trinajstić information content (AvgIpc) is 2.19. The highest BCUT2D eigenvalue weighted by Crippen LogP contribution is 2.33. The van der Waals surface area contributed by atoms with Crippen molar-refractivity contribution in [2.24, 2.45) is 0 Å². The van der Waals surface area contributed by atoms with Gasteiger partial charge >= 0.3 is 5.97 Å².